The van der Waals surface area contributed by atoms with Gasteiger partial charge in [-0.1, -0.05) is 18.6 Å². The fourth-order valence-corrected chi connectivity index (χ4v) is 4.33. The van der Waals surface area contributed by atoms with Gasteiger partial charge in [-0.3, -0.25) is 9.79 Å². The van der Waals surface area contributed by atoms with Crippen LogP contribution < -0.4 is 20.7 Å². The molecule has 2 saturated carbocycles. The van der Waals surface area contributed by atoms with Gasteiger partial charge in [0.05, 0.1) is 6.10 Å². The molecule has 1 aromatic carbocycles. The van der Waals surface area contributed by atoms with Crippen LogP contribution in [0.15, 0.2) is 29.3 Å². The van der Waals surface area contributed by atoms with E-state index in [4.69, 9.17) is 9.47 Å². The molecule has 0 radical (unpaired) electrons. The number of likely N-dealkylation sites (N-methyl/N-ethyl adjacent to an activating group) is 1. The summed E-state index contributed by atoms with van der Waals surface area (Å²) in [5, 5.41) is 9.72. The molecule has 2 aliphatic carbocycles. The lowest BCUT2D eigenvalue weighted by atomic mass is 9.51. The largest absolute Gasteiger partial charge is 0.484 e. The van der Waals surface area contributed by atoms with Crippen LogP contribution in [0.3, 0.4) is 0 Å². The predicted octanol–water partition coefficient (Wildman–Crippen LogP) is 2.21. The summed E-state index contributed by atoms with van der Waals surface area (Å²) in [6.07, 6.45) is 5.18. The van der Waals surface area contributed by atoms with Gasteiger partial charge in [0.1, 0.15) is 5.75 Å². The number of aliphatic imine (C=N–C) groups is 1. The first kappa shape index (κ1) is 21.4. The molecule has 0 saturated heterocycles. The highest BCUT2D eigenvalue weighted by atomic mass is 16.5. The predicted molar refractivity (Wildman–Crippen MR) is 114 cm³/mol. The molecule has 0 aliphatic heterocycles. The highest BCUT2D eigenvalue weighted by Gasteiger charge is 2.59. The summed E-state index contributed by atoms with van der Waals surface area (Å²) < 4.78 is 11.5. The normalized spacial score (nSPS) is 22.4. The van der Waals surface area contributed by atoms with E-state index in [1.807, 2.05) is 31.2 Å². The zero-order chi connectivity index (χ0) is 20.7. The molecule has 1 aromatic rings. The van der Waals surface area contributed by atoms with Gasteiger partial charge in [-0.15, -0.1) is 0 Å². The molecule has 3 rings (SSSR count). The van der Waals surface area contributed by atoms with Crippen molar-refractivity contribution in [3.63, 3.8) is 0 Å². The summed E-state index contributed by atoms with van der Waals surface area (Å²) in [6.45, 7) is 6.00. The number of guanidine groups is 1. The number of rotatable bonds is 9. The summed E-state index contributed by atoms with van der Waals surface area (Å²) >= 11 is 0. The molecule has 0 aromatic heterocycles. The van der Waals surface area contributed by atoms with Crippen molar-refractivity contribution in [2.45, 2.75) is 58.2 Å². The molecule has 2 unspecified atom stereocenters. The van der Waals surface area contributed by atoms with Crippen molar-refractivity contribution in [1.82, 2.24) is 16.0 Å². The number of hydrogen-bond acceptors (Lipinski definition) is 4. The van der Waals surface area contributed by atoms with E-state index < -0.39 is 0 Å². The lowest BCUT2D eigenvalue weighted by Crippen LogP contribution is -2.68. The second-order valence-corrected chi connectivity index (χ2v) is 7.78. The maximum atomic E-state index is 11.6. The highest BCUT2D eigenvalue weighted by Crippen LogP contribution is 2.57. The van der Waals surface area contributed by atoms with Crippen molar-refractivity contribution in [3.8, 4) is 5.75 Å². The first-order valence-electron chi connectivity index (χ1n) is 10.7. The topological polar surface area (TPSA) is 84.0 Å². The van der Waals surface area contributed by atoms with Gasteiger partial charge in [0.15, 0.2) is 12.6 Å². The molecule has 0 heterocycles. The summed E-state index contributed by atoms with van der Waals surface area (Å²) in [7, 11) is 1.80. The molecular weight excluding hydrogens is 368 g/mol. The van der Waals surface area contributed by atoms with Gasteiger partial charge < -0.3 is 25.4 Å². The van der Waals surface area contributed by atoms with E-state index >= 15 is 0 Å². The maximum absolute atomic E-state index is 11.6. The first-order chi connectivity index (χ1) is 14.1. The average Bonchev–Trinajstić information content (AvgIpc) is 2.67. The van der Waals surface area contributed by atoms with Gasteiger partial charge in [-0.2, -0.15) is 0 Å². The van der Waals surface area contributed by atoms with Crippen LogP contribution in [0.1, 0.15) is 45.1 Å². The molecule has 2 fully saturated rings. The minimum Gasteiger partial charge on any atom is -0.484 e. The van der Waals surface area contributed by atoms with E-state index in [1.54, 1.807) is 7.05 Å². The maximum Gasteiger partial charge on any atom is 0.257 e. The SMILES string of the molecule is CCNC(=O)COc1cccc(CNC(=NC)NC2CC(OCC)C23CCC3)c1. The summed E-state index contributed by atoms with van der Waals surface area (Å²) in [4.78, 5) is 15.9. The van der Waals surface area contributed by atoms with Crippen molar-refractivity contribution in [3.05, 3.63) is 29.8 Å². The van der Waals surface area contributed by atoms with Crippen molar-refractivity contribution in [2.24, 2.45) is 10.4 Å². The Bertz CT molecular complexity index is 718. The summed E-state index contributed by atoms with van der Waals surface area (Å²) in [5.74, 6) is 1.38. The Morgan fingerprint density at radius 2 is 2.10 bits per heavy atom. The van der Waals surface area contributed by atoms with E-state index in [0.717, 1.165) is 24.6 Å². The molecule has 160 valence electrons. The average molecular weight is 403 g/mol. The van der Waals surface area contributed by atoms with Crippen LogP contribution >= 0.6 is 0 Å². The van der Waals surface area contributed by atoms with Crippen LogP contribution in [0.25, 0.3) is 0 Å². The smallest absolute Gasteiger partial charge is 0.257 e. The van der Waals surface area contributed by atoms with Gasteiger partial charge >= 0.3 is 0 Å². The third-order valence-electron chi connectivity index (χ3n) is 6.07. The molecule has 7 heteroatoms. The van der Waals surface area contributed by atoms with Gasteiger partial charge in [0.25, 0.3) is 5.91 Å². The Morgan fingerprint density at radius 1 is 1.28 bits per heavy atom. The second-order valence-electron chi connectivity index (χ2n) is 7.78. The number of benzene rings is 1. The fraction of sp³-hybridized carbons (Fsp3) is 0.636. The van der Waals surface area contributed by atoms with Crippen LogP contribution in [0.4, 0.5) is 0 Å². The minimum atomic E-state index is -0.114. The number of amides is 1. The molecule has 2 atom stereocenters. The van der Waals surface area contributed by atoms with Crippen LogP contribution in [-0.2, 0) is 16.1 Å². The third kappa shape index (κ3) is 5.01. The Morgan fingerprint density at radius 3 is 2.76 bits per heavy atom. The lowest BCUT2D eigenvalue weighted by Gasteiger charge is -2.61. The van der Waals surface area contributed by atoms with Crippen LogP contribution in [0.2, 0.25) is 0 Å². The summed E-state index contributed by atoms with van der Waals surface area (Å²) in [5.41, 5.74) is 1.36. The number of carbonyl (C=O) groups is 1. The van der Waals surface area contributed by atoms with Crippen molar-refractivity contribution >= 4 is 11.9 Å². The molecule has 2 aliphatic rings. The minimum absolute atomic E-state index is 0.0265. The molecule has 1 amide bonds. The standard InChI is InChI=1S/C22H34N4O3/c1-4-24-20(27)15-29-17-9-6-8-16(12-17)14-25-21(23-3)26-18-13-19(28-5-2)22(18)10-7-11-22/h6,8-9,12,18-19H,4-5,7,10-11,13-15H2,1-3H3,(H,24,27)(H2,23,25,26). The van der Waals surface area contributed by atoms with Gasteiger partial charge in [0.2, 0.25) is 0 Å². The number of nitrogens with zero attached hydrogens (tertiary/aromatic N) is 1. The molecule has 3 N–H and O–H groups in total. The molecular formula is C22H34N4O3. The molecule has 29 heavy (non-hydrogen) atoms. The van der Waals surface area contributed by atoms with Crippen LogP contribution in [0.5, 0.6) is 5.75 Å². The van der Waals surface area contributed by atoms with E-state index in [9.17, 15) is 4.79 Å². The summed E-state index contributed by atoms with van der Waals surface area (Å²) in [6, 6.07) is 8.19. The van der Waals surface area contributed by atoms with Crippen molar-refractivity contribution < 1.29 is 14.3 Å². The highest BCUT2D eigenvalue weighted by molar-refractivity contribution is 5.80. The van der Waals surface area contributed by atoms with Crippen molar-refractivity contribution in [1.29, 1.82) is 0 Å². The Labute approximate surface area is 173 Å². The third-order valence-corrected chi connectivity index (χ3v) is 6.07. The zero-order valence-electron chi connectivity index (χ0n) is 17.8. The van der Waals surface area contributed by atoms with E-state index in [-0.39, 0.29) is 12.5 Å². The lowest BCUT2D eigenvalue weighted by molar-refractivity contribution is -0.168. The second kappa shape index (κ2) is 9.96. The van der Waals surface area contributed by atoms with Crippen LogP contribution in [0, 0.1) is 5.41 Å². The fourth-order valence-electron chi connectivity index (χ4n) is 4.33. The first-order valence-corrected chi connectivity index (χ1v) is 10.7. The van der Waals surface area contributed by atoms with E-state index in [0.29, 0.717) is 36.4 Å². The van der Waals surface area contributed by atoms with E-state index in [1.165, 1.54) is 19.3 Å². The van der Waals surface area contributed by atoms with Crippen molar-refractivity contribution in [2.75, 3.05) is 26.8 Å². The number of hydrogen-bond donors (Lipinski definition) is 3. The quantitative estimate of drug-likeness (QED) is 0.436. The monoisotopic (exact) mass is 402 g/mol. The number of carbonyl (C=O) groups excluding carboxylic acids is 1. The molecule has 0 bridgehead atoms. The number of ether oxygens (including phenoxy) is 2. The van der Waals surface area contributed by atoms with E-state index in [2.05, 4.69) is 27.9 Å². The Balaban J connectivity index is 1.49. The van der Waals surface area contributed by atoms with Crippen LogP contribution in [-0.4, -0.2) is 50.8 Å². The molecule has 1 spiro atoms. The Kier molecular flexibility index (Phi) is 7.36. The van der Waals surface area contributed by atoms with Gasteiger partial charge in [-0.25, -0.2) is 0 Å². The zero-order valence-corrected chi connectivity index (χ0v) is 17.8. The number of nitrogens with one attached hydrogen (secondary N) is 3. The van der Waals surface area contributed by atoms with Gasteiger partial charge in [-0.05, 0) is 50.8 Å². The Hall–Kier alpha value is -2.28. The molecule has 7 nitrogen and oxygen atoms in total. The van der Waals surface area contributed by atoms with Gasteiger partial charge in [0, 0.05) is 38.2 Å².